The number of rotatable bonds is 7. The van der Waals surface area contributed by atoms with Crippen LogP contribution in [0.2, 0.25) is 0 Å². The highest BCUT2D eigenvalue weighted by Crippen LogP contribution is 2.31. The van der Waals surface area contributed by atoms with Crippen LogP contribution >= 0.6 is 11.3 Å². The molecule has 0 aliphatic carbocycles. The number of carbonyl (C=O) groups excluding carboxylic acids is 1. The predicted octanol–water partition coefficient (Wildman–Crippen LogP) is 5.04. The van der Waals surface area contributed by atoms with Crippen molar-refractivity contribution in [2.45, 2.75) is 4.90 Å². The highest BCUT2D eigenvalue weighted by atomic mass is 32.2. The number of halogens is 1. The van der Waals surface area contributed by atoms with Gasteiger partial charge < -0.3 is 4.74 Å². The van der Waals surface area contributed by atoms with E-state index in [0.29, 0.717) is 22.3 Å². The van der Waals surface area contributed by atoms with Crippen molar-refractivity contribution in [2.24, 2.45) is 0 Å². The van der Waals surface area contributed by atoms with Crippen molar-refractivity contribution in [2.75, 3.05) is 23.8 Å². The van der Waals surface area contributed by atoms with E-state index >= 15 is 0 Å². The number of methoxy groups -OCH3 is 1. The number of anilines is 2. The average Bonchev–Trinajstić information content (AvgIpc) is 3.32. The Kier molecular flexibility index (Phi) is 6.62. The molecule has 1 N–H and O–H groups in total. The van der Waals surface area contributed by atoms with Gasteiger partial charge in [0.2, 0.25) is 0 Å². The van der Waals surface area contributed by atoms with Crippen LogP contribution in [0, 0.1) is 5.82 Å². The van der Waals surface area contributed by atoms with Gasteiger partial charge >= 0.3 is 0 Å². The molecule has 174 valence electrons. The highest BCUT2D eigenvalue weighted by Gasteiger charge is 2.24. The summed E-state index contributed by atoms with van der Waals surface area (Å²) < 4.78 is 45.6. The Labute approximate surface area is 200 Å². The van der Waals surface area contributed by atoms with E-state index in [1.54, 1.807) is 41.8 Å². The summed E-state index contributed by atoms with van der Waals surface area (Å²) in [6, 6.07) is 18.3. The van der Waals surface area contributed by atoms with Crippen molar-refractivity contribution in [1.29, 1.82) is 0 Å². The Morgan fingerprint density at radius 3 is 2.38 bits per heavy atom. The number of nitrogens with one attached hydrogen (secondary N) is 1. The van der Waals surface area contributed by atoms with Crippen LogP contribution in [0.25, 0.3) is 11.3 Å². The number of ether oxygens (including phenoxy) is 1. The number of nitrogens with zero attached hydrogens (tertiary/aromatic N) is 2. The first-order valence-electron chi connectivity index (χ1n) is 10.0. The van der Waals surface area contributed by atoms with E-state index in [2.05, 4.69) is 10.3 Å². The van der Waals surface area contributed by atoms with Crippen LogP contribution in [-0.4, -0.2) is 33.5 Å². The van der Waals surface area contributed by atoms with Gasteiger partial charge in [0.1, 0.15) is 11.6 Å². The summed E-state index contributed by atoms with van der Waals surface area (Å²) in [5.41, 5.74) is 2.01. The number of sulfonamides is 1. The summed E-state index contributed by atoms with van der Waals surface area (Å²) in [4.78, 5) is 17.0. The van der Waals surface area contributed by atoms with Gasteiger partial charge in [-0.3, -0.25) is 14.4 Å². The quantitative estimate of drug-likeness (QED) is 0.387. The second-order valence-corrected chi connectivity index (χ2v) is 10.00. The molecule has 0 unspecified atom stereocenters. The molecule has 1 aromatic heterocycles. The standard InChI is InChI=1S/C24H20FN3O4S2/c1-28(21-5-3-4-6-22(21)32-2)34(30,31)19-13-9-17(10-14-19)23(29)27-24-26-20(15-33-24)16-7-11-18(25)12-8-16/h3-15H,1-2H3,(H,26,27,29). The summed E-state index contributed by atoms with van der Waals surface area (Å²) in [6.45, 7) is 0. The van der Waals surface area contributed by atoms with Crippen LogP contribution in [0.4, 0.5) is 15.2 Å². The molecule has 0 aliphatic rings. The number of para-hydroxylation sites is 2. The molecule has 4 rings (SSSR count). The van der Waals surface area contributed by atoms with Gasteiger partial charge in [-0.1, -0.05) is 12.1 Å². The number of hydrogen-bond acceptors (Lipinski definition) is 6. The van der Waals surface area contributed by atoms with Crippen LogP contribution in [0.1, 0.15) is 10.4 Å². The zero-order valence-corrected chi connectivity index (χ0v) is 19.9. The molecule has 0 atom stereocenters. The molecular weight excluding hydrogens is 477 g/mol. The first-order valence-corrected chi connectivity index (χ1v) is 12.4. The minimum atomic E-state index is -3.87. The fourth-order valence-electron chi connectivity index (χ4n) is 3.21. The van der Waals surface area contributed by atoms with Crippen LogP contribution in [0.5, 0.6) is 5.75 Å². The smallest absolute Gasteiger partial charge is 0.264 e. The lowest BCUT2D eigenvalue weighted by Crippen LogP contribution is -2.27. The van der Waals surface area contributed by atoms with Gasteiger partial charge in [-0.2, -0.15) is 0 Å². The number of hydrogen-bond donors (Lipinski definition) is 1. The van der Waals surface area contributed by atoms with Crippen molar-refractivity contribution >= 4 is 38.1 Å². The molecule has 0 fully saturated rings. The normalized spacial score (nSPS) is 11.1. The first-order chi connectivity index (χ1) is 16.3. The molecule has 0 saturated heterocycles. The minimum Gasteiger partial charge on any atom is -0.495 e. The summed E-state index contributed by atoms with van der Waals surface area (Å²) in [5.74, 6) is -0.345. The van der Waals surface area contributed by atoms with Crippen molar-refractivity contribution in [3.63, 3.8) is 0 Å². The molecule has 0 saturated carbocycles. The van der Waals surface area contributed by atoms with Gasteiger partial charge in [-0.25, -0.2) is 17.8 Å². The van der Waals surface area contributed by atoms with Gasteiger partial charge in [0.15, 0.2) is 5.13 Å². The lowest BCUT2D eigenvalue weighted by Gasteiger charge is -2.21. The molecule has 1 amide bonds. The maximum atomic E-state index is 13.1. The fourth-order valence-corrected chi connectivity index (χ4v) is 5.13. The summed E-state index contributed by atoms with van der Waals surface area (Å²) in [6.07, 6.45) is 0. The lowest BCUT2D eigenvalue weighted by molar-refractivity contribution is 0.102. The van der Waals surface area contributed by atoms with Crippen molar-refractivity contribution in [1.82, 2.24) is 4.98 Å². The average molecular weight is 498 g/mol. The number of carbonyl (C=O) groups is 1. The Hall–Kier alpha value is -3.76. The third-order valence-corrected chi connectivity index (χ3v) is 7.61. The third-order valence-electron chi connectivity index (χ3n) is 5.06. The monoisotopic (exact) mass is 497 g/mol. The van der Waals surface area contributed by atoms with Crippen LogP contribution in [-0.2, 0) is 10.0 Å². The molecule has 1 heterocycles. The SMILES string of the molecule is COc1ccccc1N(C)S(=O)(=O)c1ccc(C(=O)Nc2nc(-c3ccc(F)cc3)cs2)cc1. The van der Waals surface area contributed by atoms with E-state index in [-0.39, 0.29) is 16.3 Å². The van der Waals surface area contributed by atoms with Gasteiger partial charge in [0, 0.05) is 23.6 Å². The van der Waals surface area contributed by atoms with Crippen LogP contribution in [0.15, 0.2) is 83.1 Å². The fraction of sp³-hybridized carbons (Fsp3) is 0.0833. The van der Waals surface area contributed by atoms with E-state index in [4.69, 9.17) is 4.74 Å². The summed E-state index contributed by atoms with van der Waals surface area (Å²) in [7, 11) is -0.962. The van der Waals surface area contributed by atoms with Gasteiger partial charge in [-0.15, -0.1) is 11.3 Å². The molecule has 0 radical (unpaired) electrons. The second-order valence-electron chi connectivity index (χ2n) is 7.17. The highest BCUT2D eigenvalue weighted by molar-refractivity contribution is 7.92. The second kappa shape index (κ2) is 9.62. The van der Waals surface area contributed by atoms with Crippen molar-refractivity contribution in [3.05, 3.63) is 89.6 Å². The maximum absolute atomic E-state index is 13.1. The van der Waals surface area contributed by atoms with Crippen LogP contribution < -0.4 is 14.4 Å². The molecule has 0 spiro atoms. The Bertz CT molecular complexity index is 1420. The molecule has 0 bridgehead atoms. The topological polar surface area (TPSA) is 88.6 Å². The van der Waals surface area contributed by atoms with E-state index < -0.39 is 15.9 Å². The Morgan fingerprint density at radius 1 is 1.03 bits per heavy atom. The van der Waals surface area contributed by atoms with Crippen molar-refractivity contribution < 1.29 is 22.3 Å². The van der Waals surface area contributed by atoms with Gasteiger partial charge in [0.05, 0.1) is 23.4 Å². The van der Waals surface area contributed by atoms with Gasteiger partial charge in [0.25, 0.3) is 15.9 Å². The lowest BCUT2D eigenvalue weighted by atomic mass is 10.2. The molecular formula is C24H20FN3O4S2. The predicted molar refractivity (Wildman–Crippen MR) is 130 cm³/mol. The zero-order chi connectivity index (χ0) is 24.3. The molecule has 10 heteroatoms. The molecule has 4 aromatic rings. The molecule has 0 aliphatic heterocycles. The van der Waals surface area contributed by atoms with E-state index in [1.807, 2.05) is 0 Å². The zero-order valence-electron chi connectivity index (χ0n) is 18.2. The molecule has 3 aromatic carbocycles. The molecule has 7 nitrogen and oxygen atoms in total. The number of aromatic nitrogens is 1. The molecule has 34 heavy (non-hydrogen) atoms. The number of amides is 1. The van der Waals surface area contributed by atoms with Crippen molar-refractivity contribution in [3.8, 4) is 17.0 Å². The summed E-state index contributed by atoms with van der Waals surface area (Å²) >= 11 is 1.23. The third kappa shape index (κ3) is 4.78. The summed E-state index contributed by atoms with van der Waals surface area (Å²) in [5, 5.41) is 4.83. The minimum absolute atomic E-state index is 0.0327. The largest absolute Gasteiger partial charge is 0.495 e. The number of thiazole rings is 1. The van der Waals surface area contributed by atoms with Crippen LogP contribution in [0.3, 0.4) is 0 Å². The van der Waals surface area contributed by atoms with E-state index in [9.17, 15) is 17.6 Å². The maximum Gasteiger partial charge on any atom is 0.264 e. The Morgan fingerprint density at radius 2 is 1.71 bits per heavy atom. The van der Waals surface area contributed by atoms with Gasteiger partial charge in [-0.05, 0) is 60.7 Å². The van der Waals surface area contributed by atoms with E-state index in [0.717, 1.165) is 9.87 Å². The number of benzene rings is 3. The van der Waals surface area contributed by atoms with E-state index in [1.165, 1.54) is 61.9 Å². The first kappa shape index (κ1) is 23.4. The Balaban J connectivity index is 1.49.